The van der Waals surface area contributed by atoms with Gasteiger partial charge in [-0.15, -0.1) is 0 Å². The first-order valence-corrected chi connectivity index (χ1v) is 12.5. The highest BCUT2D eigenvalue weighted by atomic mass is 127. The minimum Gasteiger partial charge on any atom is -0.324 e. The Morgan fingerprint density at radius 3 is 2.33 bits per heavy atom. The fourth-order valence-electron chi connectivity index (χ4n) is 2.89. The number of aryl methyl sites for hydroxylation is 1. The lowest BCUT2D eigenvalue weighted by atomic mass is 10.1. The molecular weight excluding hydrogens is 579 g/mol. The summed E-state index contributed by atoms with van der Waals surface area (Å²) >= 11 is 5.51. The Hall–Kier alpha value is -1.75. The van der Waals surface area contributed by atoms with Crippen molar-refractivity contribution in [3.63, 3.8) is 0 Å². The van der Waals surface area contributed by atoms with Crippen LogP contribution in [0.5, 0.6) is 0 Å². The van der Waals surface area contributed by atoms with Gasteiger partial charge in [0.1, 0.15) is 6.04 Å². The normalized spacial score (nSPS) is 12.4. The molecule has 0 saturated carbocycles. The van der Waals surface area contributed by atoms with Crippen LogP contribution in [0.1, 0.15) is 11.1 Å². The van der Waals surface area contributed by atoms with Crippen molar-refractivity contribution in [3.8, 4) is 0 Å². The van der Waals surface area contributed by atoms with Gasteiger partial charge in [0, 0.05) is 13.7 Å². The second kappa shape index (κ2) is 10.0. The predicted octanol–water partition coefficient (Wildman–Crippen LogP) is 4.89. The Morgan fingerprint density at radius 2 is 1.70 bits per heavy atom. The number of benzene rings is 3. The highest BCUT2D eigenvalue weighted by Crippen LogP contribution is 2.21. The number of carbonyl (C=O) groups is 1. The van der Waals surface area contributed by atoms with Crippen LogP contribution in [0.15, 0.2) is 82.2 Å². The van der Waals surface area contributed by atoms with Gasteiger partial charge in [0.05, 0.1) is 4.90 Å². The first-order valence-electron chi connectivity index (χ1n) is 9.13. The quantitative estimate of drug-likeness (QED) is 0.380. The number of anilines is 1. The molecule has 5 nitrogen and oxygen atoms in total. The Kier molecular flexibility index (Phi) is 7.67. The van der Waals surface area contributed by atoms with Gasteiger partial charge < -0.3 is 5.32 Å². The van der Waals surface area contributed by atoms with Gasteiger partial charge in [-0.1, -0.05) is 46.3 Å². The molecule has 3 aromatic carbocycles. The zero-order valence-corrected chi connectivity index (χ0v) is 20.7. The summed E-state index contributed by atoms with van der Waals surface area (Å²) < 4.78 is 30.2. The van der Waals surface area contributed by atoms with Gasteiger partial charge in [0.15, 0.2) is 0 Å². The van der Waals surface area contributed by atoms with Gasteiger partial charge in [-0.3, -0.25) is 4.79 Å². The SMILES string of the molecule is Cc1cc(Br)ccc1NC(=O)[C@H](Cc1ccccc1)NS(=O)(=O)c1ccc(I)cc1. The van der Waals surface area contributed by atoms with E-state index in [0.29, 0.717) is 5.69 Å². The second-order valence-corrected chi connectivity index (χ2v) is 10.6. The van der Waals surface area contributed by atoms with E-state index in [-0.39, 0.29) is 11.3 Å². The Labute approximate surface area is 198 Å². The van der Waals surface area contributed by atoms with Crippen molar-refractivity contribution in [2.24, 2.45) is 0 Å². The molecule has 0 saturated heterocycles. The number of rotatable bonds is 7. The van der Waals surface area contributed by atoms with E-state index in [1.54, 1.807) is 18.2 Å². The van der Waals surface area contributed by atoms with E-state index in [9.17, 15) is 13.2 Å². The maximum atomic E-state index is 13.1. The number of hydrogen-bond acceptors (Lipinski definition) is 3. The van der Waals surface area contributed by atoms with Crippen molar-refractivity contribution >= 4 is 60.1 Å². The lowest BCUT2D eigenvalue weighted by Gasteiger charge is -2.19. The van der Waals surface area contributed by atoms with Crippen LogP contribution in [0.2, 0.25) is 0 Å². The smallest absolute Gasteiger partial charge is 0.242 e. The largest absolute Gasteiger partial charge is 0.324 e. The molecule has 0 heterocycles. The molecule has 0 aliphatic rings. The highest BCUT2D eigenvalue weighted by molar-refractivity contribution is 14.1. The van der Waals surface area contributed by atoms with Crippen LogP contribution < -0.4 is 10.0 Å². The van der Waals surface area contributed by atoms with Gasteiger partial charge in [0.2, 0.25) is 15.9 Å². The van der Waals surface area contributed by atoms with Crippen molar-refractivity contribution < 1.29 is 13.2 Å². The maximum Gasteiger partial charge on any atom is 0.242 e. The molecule has 0 spiro atoms. The minimum atomic E-state index is -3.87. The summed E-state index contributed by atoms with van der Waals surface area (Å²) in [6.07, 6.45) is 0.228. The molecule has 2 N–H and O–H groups in total. The Bertz CT molecular complexity index is 1140. The third kappa shape index (κ3) is 6.13. The van der Waals surface area contributed by atoms with E-state index in [1.807, 2.05) is 49.4 Å². The summed E-state index contributed by atoms with van der Waals surface area (Å²) in [6, 6.07) is 20.3. The van der Waals surface area contributed by atoms with Crippen molar-refractivity contribution in [1.82, 2.24) is 4.72 Å². The lowest BCUT2D eigenvalue weighted by molar-refractivity contribution is -0.117. The first kappa shape index (κ1) is 22.9. The molecular formula is C22H20BrIN2O3S. The second-order valence-electron chi connectivity index (χ2n) is 6.77. The molecule has 30 heavy (non-hydrogen) atoms. The van der Waals surface area contributed by atoms with Crippen LogP contribution in [0.25, 0.3) is 0 Å². The van der Waals surface area contributed by atoms with Crippen molar-refractivity contribution in [1.29, 1.82) is 0 Å². The molecule has 0 radical (unpaired) electrons. The number of nitrogens with one attached hydrogen (secondary N) is 2. The average Bonchev–Trinajstić information content (AvgIpc) is 2.70. The molecule has 0 aromatic heterocycles. The Morgan fingerprint density at radius 1 is 1.03 bits per heavy atom. The van der Waals surface area contributed by atoms with Crippen LogP contribution in [0, 0.1) is 10.5 Å². The van der Waals surface area contributed by atoms with Crippen molar-refractivity contribution in [2.45, 2.75) is 24.3 Å². The number of carbonyl (C=O) groups excluding carboxylic acids is 1. The zero-order chi connectivity index (χ0) is 21.7. The van der Waals surface area contributed by atoms with Crippen LogP contribution in [0.3, 0.4) is 0 Å². The Balaban J connectivity index is 1.87. The standard InChI is InChI=1S/C22H20BrIN2O3S/c1-15-13-17(23)7-12-20(15)25-22(27)21(14-16-5-3-2-4-6-16)26-30(28,29)19-10-8-18(24)9-11-19/h2-13,21,26H,14H2,1H3,(H,25,27)/t21-/m0/s1. The average molecular weight is 599 g/mol. The summed E-state index contributed by atoms with van der Waals surface area (Å²) in [7, 11) is -3.87. The van der Waals surface area contributed by atoms with Crippen LogP contribution in [-0.4, -0.2) is 20.4 Å². The first-order chi connectivity index (χ1) is 14.2. The summed E-state index contributed by atoms with van der Waals surface area (Å²) in [5.74, 6) is -0.418. The molecule has 0 aliphatic carbocycles. The summed E-state index contributed by atoms with van der Waals surface area (Å²) in [5, 5.41) is 2.85. The monoisotopic (exact) mass is 598 g/mol. The molecule has 1 atom stereocenters. The lowest BCUT2D eigenvalue weighted by Crippen LogP contribution is -2.45. The van der Waals surface area contributed by atoms with Gasteiger partial charge in [-0.05, 0) is 89.5 Å². The number of hydrogen-bond donors (Lipinski definition) is 2. The molecule has 0 fully saturated rings. The number of sulfonamides is 1. The highest BCUT2D eigenvalue weighted by Gasteiger charge is 2.26. The van der Waals surface area contributed by atoms with E-state index in [1.165, 1.54) is 12.1 Å². The van der Waals surface area contributed by atoms with E-state index in [4.69, 9.17) is 0 Å². The van der Waals surface area contributed by atoms with Crippen molar-refractivity contribution in [2.75, 3.05) is 5.32 Å². The molecule has 8 heteroatoms. The summed E-state index contributed by atoms with van der Waals surface area (Å²) in [6.45, 7) is 1.88. The molecule has 3 aromatic rings. The van der Waals surface area contributed by atoms with Crippen LogP contribution in [-0.2, 0) is 21.2 Å². The molecule has 0 bridgehead atoms. The van der Waals surface area contributed by atoms with E-state index < -0.39 is 22.0 Å². The fraction of sp³-hybridized carbons (Fsp3) is 0.136. The van der Waals surface area contributed by atoms with Crippen LogP contribution >= 0.6 is 38.5 Å². The molecule has 3 rings (SSSR count). The van der Waals surface area contributed by atoms with Crippen molar-refractivity contribution in [3.05, 3.63) is 92.0 Å². The molecule has 1 amide bonds. The number of amides is 1. The van der Waals surface area contributed by atoms with Gasteiger partial charge in [-0.25, -0.2) is 8.42 Å². The third-order valence-electron chi connectivity index (χ3n) is 4.47. The maximum absolute atomic E-state index is 13.1. The topological polar surface area (TPSA) is 75.3 Å². The van der Waals surface area contributed by atoms with Gasteiger partial charge in [-0.2, -0.15) is 4.72 Å². The van der Waals surface area contributed by atoms with E-state index >= 15 is 0 Å². The summed E-state index contributed by atoms with van der Waals surface area (Å²) in [5.41, 5.74) is 2.36. The predicted molar refractivity (Wildman–Crippen MR) is 131 cm³/mol. The third-order valence-corrected chi connectivity index (χ3v) is 7.17. The van der Waals surface area contributed by atoms with E-state index in [0.717, 1.165) is 19.2 Å². The van der Waals surface area contributed by atoms with E-state index in [2.05, 4.69) is 48.6 Å². The molecule has 0 unspecified atom stereocenters. The minimum absolute atomic E-state index is 0.119. The number of halogens is 2. The molecule has 156 valence electrons. The van der Waals surface area contributed by atoms with Gasteiger partial charge in [0.25, 0.3) is 0 Å². The van der Waals surface area contributed by atoms with Gasteiger partial charge >= 0.3 is 0 Å². The van der Waals surface area contributed by atoms with Crippen LogP contribution in [0.4, 0.5) is 5.69 Å². The molecule has 0 aliphatic heterocycles. The fourth-order valence-corrected chi connectivity index (χ4v) is 4.92. The summed E-state index contributed by atoms with van der Waals surface area (Å²) in [4.78, 5) is 13.2. The zero-order valence-electron chi connectivity index (χ0n) is 16.1.